The predicted octanol–water partition coefficient (Wildman–Crippen LogP) is 3.95. The van der Waals surface area contributed by atoms with Gasteiger partial charge in [0.2, 0.25) is 0 Å². The Morgan fingerprint density at radius 2 is 1.85 bits per heavy atom. The first kappa shape index (κ1) is 17.5. The molecule has 0 aliphatic heterocycles. The number of nitrogens with zero attached hydrogens (tertiary/aromatic N) is 4. The van der Waals surface area contributed by atoms with E-state index in [1.165, 1.54) is 4.52 Å². The molecular formula is C19H13Cl2N5O. The lowest BCUT2D eigenvalue weighted by atomic mass is 10.00. The van der Waals surface area contributed by atoms with E-state index in [1.54, 1.807) is 43.0 Å². The quantitative estimate of drug-likeness (QED) is 0.565. The third-order valence-corrected chi connectivity index (χ3v) is 4.65. The van der Waals surface area contributed by atoms with Gasteiger partial charge in [0.25, 0.3) is 5.91 Å². The number of fused-ring (bicyclic) bond motifs is 1. The Morgan fingerprint density at radius 3 is 2.56 bits per heavy atom. The van der Waals surface area contributed by atoms with Crippen molar-refractivity contribution < 1.29 is 4.79 Å². The number of rotatable bonds is 4. The minimum atomic E-state index is -0.433. The molecule has 0 saturated heterocycles. The number of carbonyl (C=O) groups excluding carboxylic acids is 1. The van der Waals surface area contributed by atoms with Crippen molar-refractivity contribution in [1.29, 1.82) is 0 Å². The van der Waals surface area contributed by atoms with Crippen molar-refractivity contribution >= 4 is 34.8 Å². The van der Waals surface area contributed by atoms with Crippen molar-refractivity contribution in [1.82, 2.24) is 24.9 Å². The van der Waals surface area contributed by atoms with Gasteiger partial charge in [0.15, 0.2) is 11.3 Å². The summed E-state index contributed by atoms with van der Waals surface area (Å²) in [6.45, 7) is 0. The average Bonchev–Trinajstić information content (AvgIpc) is 3.04. The molecule has 27 heavy (non-hydrogen) atoms. The molecule has 3 heterocycles. The number of hydrogen-bond donors (Lipinski definition) is 1. The zero-order chi connectivity index (χ0) is 18.8. The number of amides is 1. The van der Waals surface area contributed by atoms with Crippen molar-refractivity contribution in [2.24, 2.45) is 0 Å². The van der Waals surface area contributed by atoms with Crippen LogP contribution in [0.15, 0.2) is 67.3 Å². The van der Waals surface area contributed by atoms with Gasteiger partial charge in [-0.05, 0) is 35.4 Å². The summed E-state index contributed by atoms with van der Waals surface area (Å²) in [7, 11) is 0. The zero-order valence-electron chi connectivity index (χ0n) is 13.9. The molecule has 0 radical (unpaired) electrons. The average molecular weight is 398 g/mol. The lowest BCUT2D eigenvalue weighted by Crippen LogP contribution is -2.30. The molecule has 0 unspecified atom stereocenters. The van der Waals surface area contributed by atoms with Crippen LogP contribution in [0.4, 0.5) is 0 Å². The molecule has 1 aromatic carbocycles. The third-order valence-electron chi connectivity index (χ3n) is 4.05. The van der Waals surface area contributed by atoms with E-state index in [2.05, 4.69) is 20.4 Å². The Balaban J connectivity index is 1.71. The van der Waals surface area contributed by atoms with Crippen molar-refractivity contribution in [3.05, 3.63) is 94.1 Å². The number of benzene rings is 1. The highest BCUT2D eigenvalue weighted by Crippen LogP contribution is 2.25. The molecule has 0 saturated carbocycles. The van der Waals surface area contributed by atoms with E-state index in [4.69, 9.17) is 23.2 Å². The summed E-state index contributed by atoms with van der Waals surface area (Å²) in [5.41, 5.74) is 2.22. The van der Waals surface area contributed by atoms with Gasteiger partial charge in [-0.15, -0.1) is 0 Å². The largest absolute Gasteiger partial charge is 0.340 e. The van der Waals surface area contributed by atoms with E-state index in [1.807, 2.05) is 24.3 Å². The van der Waals surface area contributed by atoms with Crippen molar-refractivity contribution in [3.8, 4) is 0 Å². The van der Waals surface area contributed by atoms with Crippen LogP contribution in [0.25, 0.3) is 5.65 Å². The maximum atomic E-state index is 12.9. The SMILES string of the molecule is O=C(N[C@@H](c1ccc(Cl)cc1)c1cccnc1)c1nn2cccnc2c1Cl. The number of pyridine rings is 1. The maximum absolute atomic E-state index is 12.9. The van der Waals surface area contributed by atoms with E-state index in [-0.39, 0.29) is 10.7 Å². The highest BCUT2D eigenvalue weighted by molar-refractivity contribution is 6.36. The Morgan fingerprint density at radius 1 is 1.04 bits per heavy atom. The molecule has 6 nitrogen and oxygen atoms in total. The molecule has 0 aliphatic rings. The second-order valence-corrected chi connectivity index (χ2v) is 6.61. The van der Waals surface area contributed by atoms with Crippen LogP contribution in [-0.2, 0) is 0 Å². The van der Waals surface area contributed by atoms with E-state index in [0.29, 0.717) is 10.7 Å². The van der Waals surface area contributed by atoms with Gasteiger partial charge in [0, 0.05) is 29.8 Å². The van der Waals surface area contributed by atoms with Crippen LogP contribution >= 0.6 is 23.2 Å². The van der Waals surface area contributed by atoms with Gasteiger partial charge in [-0.25, -0.2) is 9.50 Å². The van der Waals surface area contributed by atoms with Gasteiger partial charge in [-0.2, -0.15) is 5.10 Å². The Bertz CT molecular complexity index is 1100. The van der Waals surface area contributed by atoms with Crippen LogP contribution in [0.2, 0.25) is 10.0 Å². The maximum Gasteiger partial charge on any atom is 0.274 e. The van der Waals surface area contributed by atoms with Gasteiger partial charge >= 0.3 is 0 Å². The second-order valence-electron chi connectivity index (χ2n) is 5.79. The van der Waals surface area contributed by atoms with Crippen molar-refractivity contribution in [2.75, 3.05) is 0 Å². The summed E-state index contributed by atoms with van der Waals surface area (Å²) < 4.78 is 1.47. The predicted molar refractivity (Wildman–Crippen MR) is 103 cm³/mol. The molecule has 8 heteroatoms. The molecule has 134 valence electrons. The molecule has 3 aromatic heterocycles. The summed E-state index contributed by atoms with van der Waals surface area (Å²) in [4.78, 5) is 21.2. The highest BCUT2D eigenvalue weighted by Gasteiger charge is 2.23. The fraction of sp³-hybridized carbons (Fsp3) is 0.0526. The van der Waals surface area contributed by atoms with Crippen molar-refractivity contribution in [2.45, 2.75) is 6.04 Å². The minimum Gasteiger partial charge on any atom is -0.340 e. The van der Waals surface area contributed by atoms with Gasteiger partial charge in [0.1, 0.15) is 5.02 Å². The van der Waals surface area contributed by atoms with Crippen LogP contribution in [0.1, 0.15) is 27.7 Å². The normalized spacial score (nSPS) is 12.1. The number of aromatic nitrogens is 4. The van der Waals surface area contributed by atoms with E-state index >= 15 is 0 Å². The number of hydrogen-bond acceptors (Lipinski definition) is 4. The van der Waals surface area contributed by atoms with Gasteiger partial charge in [-0.3, -0.25) is 9.78 Å². The van der Waals surface area contributed by atoms with Crippen LogP contribution in [0, 0.1) is 0 Å². The first-order valence-electron chi connectivity index (χ1n) is 8.08. The molecule has 0 fully saturated rings. The summed E-state index contributed by atoms with van der Waals surface area (Å²) in [6, 6.07) is 12.2. The summed E-state index contributed by atoms with van der Waals surface area (Å²) in [5, 5.41) is 8.04. The van der Waals surface area contributed by atoms with Crippen LogP contribution in [0.3, 0.4) is 0 Å². The summed E-state index contributed by atoms with van der Waals surface area (Å²) >= 11 is 12.3. The van der Waals surface area contributed by atoms with Crippen LogP contribution in [0.5, 0.6) is 0 Å². The molecule has 4 rings (SSSR count). The number of halogens is 2. The topological polar surface area (TPSA) is 72.2 Å². The number of nitrogens with one attached hydrogen (secondary N) is 1. The molecule has 4 aromatic rings. The third kappa shape index (κ3) is 3.49. The highest BCUT2D eigenvalue weighted by atomic mass is 35.5. The van der Waals surface area contributed by atoms with Gasteiger partial charge < -0.3 is 5.32 Å². The minimum absolute atomic E-state index is 0.109. The van der Waals surface area contributed by atoms with Crippen LogP contribution < -0.4 is 5.32 Å². The Kier molecular flexibility index (Phi) is 4.75. The fourth-order valence-corrected chi connectivity index (χ4v) is 3.15. The van der Waals surface area contributed by atoms with Gasteiger partial charge in [-0.1, -0.05) is 41.4 Å². The number of carbonyl (C=O) groups is 1. The molecule has 0 bridgehead atoms. The first-order valence-corrected chi connectivity index (χ1v) is 8.84. The van der Waals surface area contributed by atoms with Crippen molar-refractivity contribution in [3.63, 3.8) is 0 Å². The Hall–Kier alpha value is -2.96. The monoisotopic (exact) mass is 397 g/mol. The molecule has 1 amide bonds. The zero-order valence-corrected chi connectivity index (χ0v) is 15.4. The summed E-state index contributed by atoms with van der Waals surface area (Å²) in [5.74, 6) is -0.408. The fourth-order valence-electron chi connectivity index (χ4n) is 2.76. The van der Waals surface area contributed by atoms with E-state index < -0.39 is 11.9 Å². The lowest BCUT2D eigenvalue weighted by molar-refractivity contribution is 0.0937. The van der Waals surface area contributed by atoms with Gasteiger partial charge in [0.05, 0.1) is 6.04 Å². The van der Waals surface area contributed by atoms with E-state index in [0.717, 1.165) is 11.1 Å². The molecule has 1 N–H and O–H groups in total. The molecule has 0 spiro atoms. The van der Waals surface area contributed by atoms with E-state index in [9.17, 15) is 4.79 Å². The first-order chi connectivity index (χ1) is 13.1. The molecule has 0 aliphatic carbocycles. The van der Waals surface area contributed by atoms with Crippen LogP contribution in [-0.4, -0.2) is 25.5 Å². The molecule has 1 atom stereocenters. The smallest absolute Gasteiger partial charge is 0.274 e. The standard InChI is InChI=1S/C19H13Cl2N5O/c20-14-6-4-12(5-7-14)16(13-3-1-8-22-11-13)24-19(27)17-15(21)18-23-9-2-10-26(18)25-17/h1-11,16H,(H,24,27)/t16-/m0/s1. The lowest BCUT2D eigenvalue weighted by Gasteiger charge is -2.19. The molecular weight excluding hydrogens is 385 g/mol. The second kappa shape index (κ2) is 7.34. The summed E-state index contributed by atoms with van der Waals surface area (Å²) in [6.07, 6.45) is 6.65. The Labute approximate surface area is 164 Å².